The van der Waals surface area contributed by atoms with E-state index in [1.807, 2.05) is 26.0 Å². The molecule has 0 heterocycles. The van der Waals surface area contributed by atoms with Crippen molar-refractivity contribution in [2.75, 3.05) is 11.3 Å². The van der Waals surface area contributed by atoms with Gasteiger partial charge in [-0.2, -0.15) is 13.2 Å². The van der Waals surface area contributed by atoms with Crippen LogP contribution >= 0.6 is 0 Å². The molecule has 0 radical (unpaired) electrons. The van der Waals surface area contributed by atoms with Gasteiger partial charge < -0.3 is 10.4 Å². The summed E-state index contributed by atoms with van der Waals surface area (Å²) in [5.41, 5.74) is 2.94. The van der Waals surface area contributed by atoms with Crippen molar-refractivity contribution in [3.63, 3.8) is 0 Å². The van der Waals surface area contributed by atoms with Crippen LogP contribution < -0.4 is 10.0 Å². The predicted molar refractivity (Wildman–Crippen MR) is 126 cm³/mol. The Morgan fingerprint density at radius 2 is 1.57 bits per heavy atom. The smallest absolute Gasteiger partial charge is 0.475 e. The molecule has 1 aliphatic carbocycles. The largest absolute Gasteiger partial charge is 0.490 e. The zero-order chi connectivity index (χ0) is 26.6. The first kappa shape index (κ1) is 28.2. The number of hydrogen-bond acceptors (Lipinski definition) is 4. The summed E-state index contributed by atoms with van der Waals surface area (Å²) >= 11 is 0. The van der Waals surface area contributed by atoms with Crippen molar-refractivity contribution in [1.82, 2.24) is 5.32 Å². The predicted octanol–water partition coefficient (Wildman–Crippen LogP) is 4.54. The van der Waals surface area contributed by atoms with E-state index >= 15 is 0 Å². The Morgan fingerprint density at radius 1 is 1.03 bits per heavy atom. The van der Waals surface area contributed by atoms with Crippen LogP contribution in [0, 0.1) is 19.8 Å². The second-order valence-electron chi connectivity index (χ2n) is 8.92. The van der Waals surface area contributed by atoms with Gasteiger partial charge in [-0.25, -0.2) is 13.2 Å². The number of carbonyl (C=O) groups is 2. The normalized spacial score (nSPS) is 14.5. The van der Waals surface area contributed by atoms with Crippen molar-refractivity contribution in [1.29, 1.82) is 0 Å². The van der Waals surface area contributed by atoms with Crippen LogP contribution in [0.15, 0.2) is 47.4 Å². The van der Waals surface area contributed by atoms with E-state index in [1.165, 1.54) is 0 Å². The number of carbonyl (C=O) groups excluding carboxylic acids is 1. The zero-order valence-corrected chi connectivity index (χ0v) is 20.7. The average molecular weight is 515 g/mol. The molecule has 0 aromatic heterocycles. The molecule has 1 amide bonds. The van der Waals surface area contributed by atoms with Crippen LogP contribution in [0.25, 0.3) is 0 Å². The Hall–Kier alpha value is -3.08. The zero-order valence-electron chi connectivity index (χ0n) is 19.9. The highest BCUT2D eigenvalue weighted by Crippen LogP contribution is 2.48. The lowest BCUT2D eigenvalue weighted by atomic mass is 9.94. The number of nitrogens with one attached hydrogen (secondary N) is 2. The van der Waals surface area contributed by atoms with Crippen molar-refractivity contribution < 1.29 is 36.3 Å². The van der Waals surface area contributed by atoms with Crippen LogP contribution in [0.4, 0.5) is 18.9 Å². The van der Waals surface area contributed by atoms with Gasteiger partial charge in [-0.3, -0.25) is 9.52 Å². The van der Waals surface area contributed by atoms with Gasteiger partial charge in [0.1, 0.15) is 0 Å². The molecule has 0 saturated heterocycles. The van der Waals surface area contributed by atoms with Crippen LogP contribution in [-0.2, 0) is 25.0 Å². The first-order valence-corrected chi connectivity index (χ1v) is 12.4. The minimum Gasteiger partial charge on any atom is -0.475 e. The van der Waals surface area contributed by atoms with Crippen LogP contribution in [0.2, 0.25) is 0 Å². The lowest BCUT2D eigenvalue weighted by Crippen LogP contribution is -2.36. The highest BCUT2D eigenvalue weighted by molar-refractivity contribution is 7.92. The number of aliphatic carboxylic acids is 1. The first-order valence-electron chi connectivity index (χ1n) is 10.9. The lowest BCUT2D eigenvalue weighted by Gasteiger charge is -2.17. The summed E-state index contributed by atoms with van der Waals surface area (Å²) in [5.74, 6) is -2.29. The average Bonchev–Trinajstić information content (AvgIpc) is 3.56. The van der Waals surface area contributed by atoms with Crippen molar-refractivity contribution in [3.8, 4) is 0 Å². The van der Waals surface area contributed by atoms with E-state index in [4.69, 9.17) is 9.90 Å². The Morgan fingerprint density at radius 3 is 2.00 bits per heavy atom. The summed E-state index contributed by atoms with van der Waals surface area (Å²) in [7, 11) is -3.65. The second-order valence-corrected chi connectivity index (χ2v) is 10.6. The van der Waals surface area contributed by atoms with Gasteiger partial charge in [-0.1, -0.05) is 32.0 Å². The number of amides is 1. The third-order valence-corrected chi connectivity index (χ3v) is 6.96. The molecule has 7 nitrogen and oxygen atoms in total. The Balaban J connectivity index is 0.000000540. The van der Waals surface area contributed by atoms with Gasteiger partial charge in [-0.05, 0) is 73.6 Å². The quantitative estimate of drug-likeness (QED) is 0.502. The van der Waals surface area contributed by atoms with Gasteiger partial charge in [0.25, 0.3) is 10.0 Å². The van der Waals surface area contributed by atoms with Gasteiger partial charge in [0, 0.05) is 12.2 Å². The van der Waals surface area contributed by atoms with E-state index in [1.54, 1.807) is 30.3 Å². The van der Waals surface area contributed by atoms with Crippen molar-refractivity contribution in [2.45, 2.75) is 57.0 Å². The van der Waals surface area contributed by atoms with E-state index in [-0.39, 0.29) is 10.8 Å². The Bertz CT molecular complexity index is 1170. The van der Waals surface area contributed by atoms with Crippen molar-refractivity contribution in [3.05, 3.63) is 59.2 Å². The summed E-state index contributed by atoms with van der Waals surface area (Å²) in [6, 6.07) is 12.2. The molecule has 1 fully saturated rings. The van der Waals surface area contributed by atoms with Crippen molar-refractivity contribution in [2.24, 2.45) is 5.92 Å². The van der Waals surface area contributed by atoms with Crippen LogP contribution in [0.3, 0.4) is 0 Å². The Labute approximate surface area is 202 Å². The molecule has 0 atom stereocenters. The summed E-state index contributed by atoms with van der Waals surface area (Å²) in [5, 5.41) is 10.1. The minimum atomic E-state index is -5.08. The molecule has 0 bridgehead atoms. The molecule has 1 saturated carbocycles. The molecule has 0 spiro atoms. The fraction of sp³-hybridized carbons (Fsp3) is 0.417. The number of carboxylic acid groups (broad SMARTS) is 1. The minimum absolute atomic E-state index is 0.0599. The van der Waals surface area contributed by atoms with Gasteiger partial charge >= 0.3 is 12.1 Å². The van der Waals surface area contributed by atoms with E-state index in [9.17, 15) is 26.4 Å². The maximum Gasteiger partial charge on any atom is 0.490 e. The highest BCUT2D eigenvalue weighted by atomic mass is 32.2. The van der Waals surface area contributed by atoms with Crippen molar-refractivity contribution >= 4 is 27.6 Å². The molecule has 3 N–H and O–H groups in total. The van der Waals surface area contributed by atoms with E-state index < -0.39 is 27.6 Å². The molecule has 2 aromatic carbocycles. The molecule has 0 unspecified atom stereocenters. The van der Waals surface area contributed by atoms with E-state index in [0.29, 0.717) is 18.2 Å². The van der Waals surface area contributed by atoms with Gasteiger partial charge in [-0.15, -0.1) is 0 Å². The van der Waals surface area contributed by atoms with Gasteiger partial charge in [0.2, 0.25) is 5.91 Å². The number of carboxylic acids is 1. The number of anilines is 1. The summed E-state index contributed by atoms with van der Waals surface area (Å²) in [4.78, 5) is 21.7. The number of hydrogen-bond donors (Lipinski definition) is 3. The number of alkyl halides is 3. The number of sulfonamides is 1. The van der Waals surface area contributed by atoms with Gasteiger partial charge in [0.05, 0.1) is 10.3 Å². The summed E-state index contributed by atoms with van der Waals surface area (Å²) in [6.45, 7) is 8.63. The van der Waals surface area contributed by atoms with Crippen LogP contribution in [0.1, 0.15) is 43.4 Å². The van der Waals surface area contributed by atoms with Crippen LogP contribution in [0.5, 0.6) is 0 Å². The fourth-order valence-corrected chi connectivity index (χ4v) is 4.33. The van der Waals surface area contributed by atoms with Crippen LogP contribution in [-0.4, -0.2) is 38.1 Å². The summed E-state index contributed by atoms with van der Waals surface area (Å²) in [6.07, 6.45) is -3.44. The topological polar surface area (TPSA) is 113 Å². The monoisotopic (exact) mass is 514 g/mol. The number of aryl methyl sites for hydroxylation is 2. The fourth-order valence-electron chi connectivity index (χ4n) is 3.19. The molecular formula is C24H29F3N2O5S. The SMILES string of the molecule is Cc1ccc(S(=O)(=O)Nc2ccc(C3(C(=O)NCC(C)C)CC3)cc2)cc1C.O=C(O)C(F)(F)F. The first-order chi connectivity index (χ1) is 16.1. The maximum atomic E-state index is 12.6. The molecule has 1 aliphatic rings. The van der Waals surface area contributed by atoms with Gasteiger partial charge in [0.15, 0.2) is 0 Å². The lowest BCUT2D eigenvalue weighted by molar-refractivity contribution is -0.192. The molecule has 192 valence electrons. The molecule has 0 aliphatic heterocycles. The molecule has 35 heavy (non-hydrogen) atoms. The molecular weight excluding hydrogens is 485 g/mol. The second kappa shape index (κ2) is 10.7. The third kappa shape index (κ3) is 7.45. The standard InChI is InChI=1S/C22H28N2O3S.C2HF3O2/c1-15(2)14-23-21(25)22(11-12-22)18-6-8-19(9-7-18)24-28(26,27)20-10-5-16(3)17(4)13-20;3-2(4,5)1(6)7/h5-10,13,15,24H,11-12,14H2,1-4H3,(H,23,25);(H,6,7). The number of benzene rings is 2. The van der Waals surface area contributed by atoms with E-state index in [2.05, 4.69) is 23.9 Å². The number of halogens is 3. The van der Waals surface area contributed by atoms with E-state index in [0.717, 1.165) is 29.5 Å². The summed E-state index contributed by atoms with van der Waals surface area (Å²) < 4.78 is 59.6. The molecule has 11 heteroatoms. The highest BCUT2D eigenvalue weighted by Gasteiger charge is 2.51. The molecule has 2 aromatic rings. The molecule has 3 rings (SSSR count). The number of rotatable bonds is 7. The Kier molecular flexibility index (Phi) is 8.59. The maximum absolute atomic E-state index is 12.6. The third-order valence-electron chi connectivity index (χ3n) is 5.58.